The minimum Gasteiger partial charge on any atom is -0.327 e. The third-order valence-corrected chi connectivity index (χ3v) is 5.29. The number of nitrogens with one attached hydrogen (secondary N) is 1. The minimum absolute atomic E-state index is 0.857. The topological polar surface area (TPSA) is 29.9 Å². The fourth-order valence-electron chi connectivity index (χ4n) is 3.07. The van der Waals surface area contributed by atoms with Crippen molar-refractivity contribution >= 4 is 22.8 Å². The molecule has 0 atom stereocenters. The zero-order valence-electron chi connectivity index (χ0n) is 12.8. The highest BCUT2D eigenvalue weighted by Gasteiger charge is 2.14. The number of fused-ring (bicyclic) bond motifs is 1. The van der Waals surface area contributed by atoms with Crippen molar-refractivity contribution in [3.63, 3.8) is 0 Å². The molecule has 1 aliphatic rings. The Hall–Kier alpha value is -1.00. The van der Waals surface area contributed by atoms with Gasteiger partial charge in [0.25, 0.3) is 0 Å². The van der Waals surface area contributed by atoms with Gasteiger partial charge in [0.05, 0.1) is 17.6 Å². The molecule has 3 nitrogen and oxygen atoms in total. The molecule has 0 aliphatic carbocycles. The molecule has 1 aromatic heterocycles. The van der Waals surface area contributed by atoms with Crippen molar-refractivity contribution in [2.24, 2.45) is 5.92 Å². The van der Waals surface area contributed by atoms with Gasteiger partial charge in [-0.25, -0.2) is 4.98 Å². The van der Waals surface area contributed by atoms with Crippen LogP contribution in [0.1, 0.15) is 32.0 Å². The summed E-state index contributed by atoms with van der Waals surface area (Å²) in [6.07, 6.45) is 3.87. The van der Waals surface area contributed by atoms with Crippen LogP contribution in [0.4, 0.5) is 0 Å². The normalized spacial score (nSPS) is 16.6. The molecule has 3 rings (SSSR count). The van der Waals surface area contributed by atoms with E-state index >= 15 is 0 Å². The van der Waals surface area contributed by atoms with Gasteiger partial charge in [0, 0.05) is 6.54 Å². The van der Waals surface area contributed by atoms with Crippen LogP contribution in [0.25, 0.3) is 11.0 Å². The third-order valence-electron chi connectivity index (χ3n) is 4.24. The lowest BCUT2D eigenvalue weighted by Gasteiger charge is -2.21. The van der Waals surface area contributed by atoms with Crippen LogP contribution in [0.2, 0.25) is 0 Å². The van der Waals surface area contributed by atoms with Gasteiger partial charge in [-0.3, -0.25) is 0 Å². The van der Waals surface area contributed by atoms with Gasteiger partial charge in [-0.15, -0.1) is 0 Å². The van der Waals surface area contributed by atoms with E-state index in [1.165, 1.54) is 35.7 Å². The van der Waals surface area contributed by atoms with Crippen molar-refractivity contribution in [1.29, 1.82) is 0 Å². The molecule has 21 heavy (non-hydrogen) atoms. The number of aromatic nitrogens is 2. The molecule has 1 fully saturated rings. The first-order valence-corrected chi connectivity index (χ1v) is 9.26. The number of rotatable bonds is 6. The number of hydrogen-bond acceptors (Lipinski definition) is 3. The van der Waals surface area contributed by atoms with Crippen molar-refractivity contribution in [3.05, 3.63) is 30.1 Å². The summed E-state index contributed by atoms with van der Waals surface area (Å²) >= 11 is 2.10. The largest absolute Gasteiger partial charge is 0.327 e. The van der Waals surface area contributed by atoms with Crippen LogP contribution in [0.3, 0.4) is 0 Å². The molecule has 1 aromatic carbocycles. The fraction of sp³-hybridized carbons (Fsp3) is 0.588. The monoisotopic (exact) mass is 303 g/mol. The Kier molecular flexibility index (Phi) is 5.20. The van der Waals surface area contributed by atoms with Gasteiger partial charge in [-0.05, 0) is 55.4 Å². The smallest absolute Gasteiger partial charge is 0.123 e. The Balaban J connectivity index is 1.66. The van der Waals surface area contributed by atoms with Crippen LogP contribution in [-0.2, 0) is 13.1 Å². The molecule has 0 radical (unpaired) electrons. The second-order valence-electron chi connectivity index (χ2n) is 5.86. The van der Waals surface area contributed by atoms with Crippen molar-refractivity contribution < 1.29 is 0 Å². The van der Waals surface area contributed by atoms with E-state index in [1.54, 1.807) is 0 Å². The van der Waals surface area contributed by atoms with E-state index in [9.17, 15) is 0 Å². The highest BCUT2D eigenvalue weighted by atomic mass is 32.2. The van der Waals surface area contributed by atoms with Gasteiger partial charge in [-0.1, -0.05) is 19.1 Å². The van der Waals surface area contributed by atoms with Gasteiger partial charge in [0.15, 0.2) is 0 Å². The summed E-state index contributed by atoms with van der Waals surface area (Å²) in [4.78, 5) is 4.81. The van der Waals surface area contributed by atoms with Gasteiger partial charge < -0.3 is 9.88 Å². The second kappa shape index (κ2) is 7.32. The van der Waals surface area contributed by atoms with Crippen molar-refractivity contribution in [2.75, 3.05) is 18.1 Å². The first-order chi connectivity index (χ1) is 10.4. The van der Waals surface area contributed by atoms with E-state index in [1.807, 2.05) is 0 Å². The highest BCUT2D eigenvalue weighted by molar-refractivity contribution is 7.99. The molecule has 4 heteroatoms. The Bertz CT molecular complexity index is 572. The zero-order valence-corrected chi connectivity index (χ0v) is 13.7. The Morgan fingerprint density at radius 1 is 1.29 bits per heavy atom. The average molecular weight is 303 g/mol. The maximum absolute atomic E-state index is 4.81. The molecular weight excluding hydrogens is 278 g/mol. The first kappa shape index (κ1) is 14.9. The van der Waals surface area contributed by atoms with Gasteiger partial charge in [-0.2, -0.15) is 11.8 Å². The first-order valence-electron chi connectivity index (χ1n) is 8.11. The second-order valence-corrected chi connectivity index (χ2v) is 7.08. The van der Waals surface area contributed by atoms with Crippen LogP contribution >= 0.6 is 11.8 Å². The van der Waals surface area contributed by atoms with Gasteiger partial charge in [0.2, 0.25) is 0 Å². The lowest BCUT2D eigenvalue weighted by molar-refractivity contribution is 0.440. The number of thioether (sulfide) groups is 1. The number of hydrogen-bond donors (Lipinski definition) is 1. The summed E-state index contributed by atoms with van der Waals surface area (Å²) in [7, 11) is 0. The number of para-hydroxylation sites is 2. The third kappa shape index (κ3) is 3.61. The molecule has 1 saturated heterocycles. The summed E-state index contributed by atoms with van der Waals surface area (Å²) in [6.45, 7) is 5.30. The molecule has 0 unspecified atom stereocenters. The van der Waals surface area contributed by atoms with Gasteiger partial charge >= 0.3 is 0 Å². The molecule has 0 spiro atoms. The number of aryl methyl sites for hydroxylation is 1. The Morgan fingerprint density at radius 3 is 2.90 bits per heavy atom. The predicted octanol–water partition coefficient (Wildman–Crippen LogP) is 3.68. The summed E-state index contributed by atoms with van der Waals surface area (Å²) < 4.78 is 2.37. The molecule has 114 valence electrons. The maximum Gasteiger partial charge on any atom is 0.123 e. The lowest BCUT2D eigenvalue weighted by atomic mass is 10.0. The molecule has 1 aliphatic heterocycles. The van der Waals surface area contributed by atoms with E-state index < -0.39 is 0 Å². The van der Waals surface area contributed by atoms with Crippen LogP contribution in [-0.4, -0.2) is 27.6 Å². The molecule has 1 N–H and O–H groups in total. The summed E-state index contributed by atoms with van der Waals surface area (Å²) in [5.74, 6) is 4.71. The molecular formula is C17H25N3S. The van der Waals surface area contributed by atoms with Crippen molar-refractivity contribution in [2.45, 2.75) is 39.3 Å². The van der Waals surface area contributed by atoms with E-state index in [2.05, 4.69) is 52.8 Å². The SMILES string of the molecule is CCCn1c(CNCC2CCSCC2)nc2ccccc21. The van der Waals surface area contributed by atoms with E-state index in [0.717, 1.165) is 37.5 Å². The molecule has 2 aromatic rings. The lowest BCUT2D eigenvalue weighted by Crippen LogP contribution is -2.26. The van der Waals surface area contributed by atoms with E-state index in [4.69, 9.17) is 4.98 Å². The number of imidazole rings is 1. The number of nitrogens with zero attached hydrogens (tertiary/aromatic N) is 2. The molecule has 2 heterocycles. The van der Waals surface area contributed by atoms with Crippen LogP contribution in [0, 0.1) is 5.92 Å². The Morgan fingerprint density at radius 2 is 2.10 bits per heavy atom. The van der Waals surface area contributed by atoms with E-state index in [-0.39, 0.29) is 0 Å². The standard InChI is InChI=1S/C17H25N3S/c1-2-9-20-16-6-4-3-5-15(16)19-17(20)13-18-12-14-7-10-21-11-8-14/h3-6,14,18H,2,7-13H2,1H3. The van der Waals surface area contributed by atoms with Crippen LogP contribution in [0.15, 0.2) is 24.3 Å². The average Bonchev–Trinajstić information content (AvgIpc) is 2.87. The fourth-order valence-corrected chi connectivity index (χ4v) is 4.28. The maximum atomic E-state index is 4.81. The summed E-state index contributed by atoms with van der Waals surface area (Å²) in [6, 6.07) is 8.47. The molecule has 0 bridgehead atoms. The summed E-state index contributed by atoms with van der Waals surface area (Å²) in [5.41, 5.74) is 2.39. The predicted molar refractivity (Wildman–Crippen MR) is 91.8 cm³/mol. The molecule has 0 saturated carbocycles. The van der Waals surface area contributed by atoms with Gasteiger partial charge in [0.1, 0.15) is 5.82 Å². The Labute approximate surface area is 131 Å². The van der Waals surface area contributed by atoms with Crippen molar-refractivity contribution in [3.8, 4) is 0 Å². The van der Waals surface area contributed by atoms with Crippen LogP contribution < -0.4 is 5.32 Å². The van der Waals surface area contributed by atoms with Crippen LogP contribution in [0.5, 0.6) is 0 Å². The van der Waals surface area contributed by atoms with E-state index in [0.29, 0.717) is 0 Å². The molecule has 0 amide bonds. The summed E-state index contributed by atoms with van der Waals surface area (Å²) in [5, 5.41) is 3.64. The highest BCUT2D eigenvalue weighted by Crippen LogP contribution is 2.22. The zero-order chi connectivity index (χ0) is 14.5. The quantitative estimate of drug-likeness (QED) is 0.883. The van der Waals surface area contributed by atoms with Crippen molar-refractivity contribution in [1.82, 2.24) is 14.9 Å². The minimum atomic E-state index is 0.857. The number of benzene rings is 1.